The molecule has 0 fully saturated rings. The van der Waals surface area contributed by atoms with Gasteiger partial charge in [0.1, 0.15) is 11.6 Å². The molecule has 1 heterocycles. The summed E-state index contributed by atoms with van der Waals surface area (Å²) < 4.78 is 1.84. The first-order valence-electron chi connectivity index (χ1n) is 5.88. The number of aromatic nitrogens is 3. The smallest absolute Gasteiger partial charge is 0.148 e. The van der Waals surface area contributed by atoms with E-state index in [-0.39, 0.29) is 6.04 Å². The van der Waals surface area contributed by atoms with Crippen LogP contribution in [0.2, 0.25) is 0 Å². The highest BCUT2D eigenvalue weighted by Crippen LogP contribution is 2.16. The summed E-state index contributed by atoms with van der Waals surface area (Å²) in [5, 5.41) is 4.35. The number of benzene rings is 1. The summed E-state index contributed by atoms with van der Waals surface area (Å²) in [5.74, 6) is 1.69. The lowest BCUT2D eigenvalue weighted by Crippen LogP contribution is -2.08. The van der Waals surface area contributed by atoms with Crippen LogP contribution in [-0.4, -0.2) is 14.8 Å². The van der Waals surface area contributed by atoms with E-state index in [9.17, 15) is 0 Å². The van der Waals surface area contributed by atoms with Crippen LogP contribution in [0.3, 0.4) is 0 Å². The van der Waals surface area contributed by atoms with E-state index in [1.807, 2.05) is 30.7 Å². The van der Waals surface area contributed by atoms with Crippen LogP contribution in [0.1, 0.15) is 36.6 Å². The summed E-state index contributed by atoms with van der Waals surface area (Å²) in [6.45, 7) is 5.93. The molecule has 2 N–H and O–H groups in total. The molecule has 0 aliphatic heterocycles. The number of hydrogen-bond acceptors (Lipinski definition) is 3. The molecule has 4 nitrogen and oxygen atoms in total. The van der Waals surface area contributed by atoms with Crippen LogP contribution in [0.5, 0.6) is 0 Å². The van der Waals surface area contributed by atoms with Crippen molar-refractivity contribution in [1.82, 2.24) is 14.8 Å². The molecule has 1 atom stereocenters. The van der Waals surface area contributed by atoms with E-state index < -0.39 is 0 Å². The first kappa shape index (κ1) is 11.8. The van der Waals surface area contributed by atoms with Gasteiger partial charge in [-0.3, -0.25) is 0 Å². The third-order valence-electron chi connectivity index (χ3n) is 2.88. The van der Waals surface area contributed by atoms with Crippen molar-refractivity contribution in [2.24, 2.45) is 5.73 Å². The minimum absolute atomic E-state index is 0.114. The standard InChI is InChI=1S/C13H18N4/c1-4-13(14)11-5-7-12(8-6-11)17-10(3)15-9(2)16-17/h5-8,13H,4,14H2,1-3H3. The lowest BCUT2D eigenvalue weighted by molar-refractivity contribution is 0.698. The van der Waals surface area contributed by atoms with Gasteiger partial charge in [-0.05, 0) is 38.0 Å². The highest BCUT2D eigenvalue weighted by molar-refractivity contribution is 5.35. The van der Waals surface area contributed by atoms with Gasteiger partial charge in [-0.1, -0.05) is 19.1 Å². The molecule has 4 heteroatoms. The Hall–Kier alpha value is -1.68. The minimum atomic E-state index is 0.114. The third-order valence-corrected chi connectivity index (χ3v) is 2.88. The summed E-state index contributed by atoms with van der Waals surface area (Å²) >= 11 is 0. The van der Waals surface area contributed by atoms with Crippen molar-refractivity contribution in [2.45, 2.75) is 33.2 Å². The number of aryl methyl sites for hydroxylation is 2. The zero-order valence-electron chi connectivity index (χ0n) is 10.5. The molecular formula is C13H18N4. The second kappa shape index (κ2) is 4.67. The van der Waals surface area contributed by atoms with Gasteiger partial charge in [0.15, 0.2) is 0 Å². The van der Waals surface area contributed by atoms with Gasteiger partial charge in [-0.2, -0.15) is 5.10 Å². The maximum Gasteiger partial charge on any atom is 0.148 e. The molecule has 0 saturated carbocycles. The fourth-order valence-electron chi connectivity index (χ4n) is 1.86. The summed E-state index contributed by atoms with van der Waals surface area (Å²) in [6, 6.07) is 8.29. The molecule has 0 radical (unpaired) electrons. The van der Waals surface area contributed by atoms with Gasteiger partial charge in [-0.15, -0.1) is 0 Å². The molecule has 90 valence electrons. The highest BCUT2D eigenvalue weighted by Gasteiger charge is 2.06. The monoisotopic (exact) mass is 230 g/mol. The maximum absolute atomic E-state index is 5.98. The Morgan fingerprint density at radius 1 is 1.24 bits per heavy atom. The van der Waals surface area contributed by atoms with E-state index in [2.05, 4.69) is 29.1 Å². The Balaban J connectivity index is 2.32. The highest BCUT2D eigenvalue weighted by atomic mass is 15.3. The van der Waals surface area contributed by atoms with E-state index in [0.29, 0.717) is 0 Å². The molecule has 0 spiro atoms. The van der Waals surface area contributed by atoms with Crippen LogP contribution >= 0.6 is 0 Å². The second-order valence-electron chi connectivity index (χ2n) is 4.22. The lowest BCUT2D eigenvalue weighted by Gasteiger charge is -2.10. The fraction of sp³-hybridized carbons (Fsp3) is 0.385. The molecule has 0 bridgehead atoms. The number of nitrogens with zero attached hydrogens (tertiary/aromatic N) is 3. The Labute approximate surface area is 101 Å². The van der Waals surface area contributed by atoms with Crippen LogP contribution in [0.4, 0.5) is 0 Å². The molecule has 0 saturated heterocycles. The maximum atomic E-state index is 5.98. The summed E-state index contributed by atoms with van der Waals surface area (Å²) in [4.78, 5) is 4.29. The Morgan fingerprint density at radius 2 is 1.88 bits per heavy atom. The summed E-state index contributed by atoms with van der Waals surface area (Å²) in [7, 11) is 0. The second-order valence-corrected chi connectivity index (χ2v) is 4.22. The normalized spacial score (nSPS) is 12.7. The van der Waals surface area contributed by atoms with Crippen molar-refractivity contribution < 1.29 is 0 Å². The topological polar surface area (TPSA) is 56.7 Å². The van der Waals surface area contributed by atoms with Gasteiger partial charge in [-0.25, -0.2) is 9.67 Å². The molecule has 2 aromatic rings. The molecule has 1 aromatic carbocycles. The predicted octanol–water partition coefficient (Wildman–Crippen LogP) is 2.29. The van der Waals surface area contributed by atoms with Crippen molar-refractivity contribution >= 4 is 0 Å². The van der Waals surface area contributed by atoms with Crippen LogP contribution < -0.4 is 5.73 Å². The minimum Gasteiger partial charge on any atom is -0.324 e. The summed E-state index contributed by atoms with van der Waals surface area (Å²) in [5.41, 5.74) is 8.16. The van der Waals surface area contributed by atoms with Gasteiger partial charge in [0.05, 0.1) is 5.69 Å². The van der Waals surface area contributed by atoms with Crippen molar-refractivity contribution in [2.75, 3.05) is 0 Å². The number of hydrogen-bond donors (Lipinski definition) is 1. The molecular weight excluding hydrogens is 212 g/mol. The van der Waals surface area contributed by atoms with Gasteiger partial charge >= 0.3 is 0 Å². The largest absolute Gasteiger partial charge is 0.324 e. The number of rotatable bonds is 3. The van der Waals surface area contributed by atoms with Crippen molar-refractivity contribution in [3.05, 3.63) is 41.5 Å². The molecule has 0 aliphatic rings. The summed E-state index contributed by atoms with van der Waals surface area (Å²) in [6.07, 6.45) is 0.945. The van der Waals surface area contributed by atoms with Crippen LogP contribution in [0.15, 0.2) is 24.3 Å². The SMILES string of the molecule is CCC(N)c1ccc(-n2nc(C)nc2C)cc1. The number of nitrogens with two attached hydrogens (primary N) is 1. The molecule has 2 rings (SSSR count). The fourth-order valence-corrected chi connectivity index (χ4v) is 1.86. The van der Waals surface area contributed by atoms with E-state index in [0.717, 1.165) is 29.3 Å². The molecule has 0 amide bonds. The van der Waals surface area contributed by atoms with E-state index in [1.54, 1.807) is 0 Å². The molecule has 1 unspecified atom stereocenters. The van der Waals surface area contributed by atoms with Crippen molar-refractivity contribution in [3.63, 3.8) is 0 Å². The zero-order valence-corrected chi connectivity index (χ0v) is 10.5. The Kier molecular flexibility index (Phi) is 3.24. The quantitative estimate of drug-likeness (QED) is 0.880. The third kappa shape index (κ3) is 2.36. The van der Waals surface area contributed by atoms with Crippen LogP contribution in [-0.2, 0) is 0 Å². The Morgan fingerprint density at radius 3 is 2.35 bits per heavy atom. The van der Waals surface area contributed by atoms with E-state index >= 15 is 0 Å². The molecule has 17 heavy (non-hydrogen) atoms. The van der Waals surface area contributed by atoms with Gasteiger partial charge in [0.2, 0.25) is 0 Å². The van der Waals surface area contributed by atoms with Crippen LogP contribution in [0.25, 0.3) is 5.69 Å². The van der Waals surface area contributed by atoms with Crippen LogP contribution in [0, 0.1) is 13.8 Å². The van der Waals surface area contributed by atoms with Gasteiger partial charge in [0.25, 0.3) is 0 Å². The van der Waals surface area contributed by atoms with Gasteiger partial charge in [0, 0.05) is 6.04 Å². The van der Waals surface area contributed by atoms with E-state index in [4.69, 9.17) is 5.73 Å². The predicted molar refractivity (Wildman–Crippen MR) is 68.1 cm³/mol. The molecule has 1 aromatic heterocycles. The average molecular weight is 230 g/mol. The average Bonchev–Trinajstić information content (AvgIpc) is 2.68. The van der Waals surface area contributed by atoms with Crippen molar-refractivity contribution in [1.29, 1.82) is 0 Å². The Bertz CT molecular complexity index is 499. The molecule has 0 aliphatic carbocycles. The van der Waals surface area contributed by atoms with Crippen molar-refractivity contribution in [3.8, 4) is 5.69 Å². The van der Waals surface area contributed by atoms with E-state index in [1.165, 1.54) is 0 Å². The lowest BCUT2D eigenvalue weighted by atomic mass is 10.1. The first-order valence-corrected chi connectivity index (χ1v) is 5.88. The zero-order chi connectivity index (χ0) is 12.4. The van der Waals surface area contributed by atoms with Gasteiger partial charge < -0.3 is 5.73 Å². The first-order chi connectivity index (χ1) is 8.11.